The summed E-state index contributed by atoms with van der Waals surface area (Å²) in [5, 5.41) is 16.8. The first kappa shape index (κ1) is 9.84. The maximum atomic E-state index is 9.46. The zero-order valence-corrected chi connectivity index (χ0v) is 9.31. The number of aromatic nitrogens is 3. The highest BCUT2D eigenvalue weighted by Crippen LogP contribution is 2.27. The predicted molar refractivity (Wildman–Crippen MR) is 65.7 cm³/mol. The standard InChI is InChI=1S/C13H11N3O/c1-8-6-10(4-5-14-8)9-2-3-11-12(7-9)15-16-13(11)17/h2-7H,1H3,(H2,15,16,17). The number of aromatic amines is 1. The minimum absolute atomic E-state index is 0.0393. The van der Waals surface area contributed by atoms with Crippen LogP contribution in [0.5, 0.6) is 5.88 Å². The molecule has 0 fully saturated rings. The molecule has 2 heterocycles. The first-order valence-corrected chi connectivity index (χ1v) is 5.34. The van der Waals surface area contributed by atoms with Crippen molar-refractivity contribution in [2.24, 2.45) is 0 Å². The average Bonchev–Trinajstić information content (AvgIpc) is 2.71. The van der Waals surface area contributed by atoms with E-state index in [0.29, 0.717) is 0 Å². The summed E-state index contributed by atoms with van der Waals surface area (Å²) in [5.74, 6) is 0.0393. The summed E-state index contributed by atoms with van der Waals surface area (Å²) < 4.78 is 0. The fourth-order valence-corrected chi connectivity index (χ4v) is 1.91. The Morgan fingerprint density at radius 3 is 2.76 bits per heavy atom. The molecule has 2 aromatic heterocycles. The van der Waals surface area contributed by atoms with E-state index in [2.05, 4.69) is 15.2 Å². The van der Waals surface area contributed by atoms with Crippen LogP contribution >= 0.6 is 0 Å². The summed E-state index contributed by atoms with van der Waals surface area (Å²) in [4.78, 5) is 4.17. The number of benzene rings is 1. The molecule has 84 valence electrons. The summed E-state index contributed by atoms with van der Waals surface area (Å²) in [7, 11) is 0. The van der Waals surface area contributed by atoms with E-state index in [0.717, 1.165) is 27.7 Å². The van der Waals surface area contributed by atoms with Crippen LogP contribution in [-0.2, 0) is 0 Å². The summed E-state index contributed by atoms with van der Waals surface area (Å²) in [6.45, 7) is 1.96. The number of aromatic hydroxyl groups is 1. The molecule has 0 unspecified atom stereocenters. The molecule has 0 bridgehead atoms. The van der Waals surface area contributed by atoms with Crippen molar-refractivity contribution in [3.63, 3.8) is 0 Å². The molecule has 0 aliphatic heterocycles. The number of hydrogen-bond acceptors (Lipinski definition) is 3. The van der Waals surface area contributed by atoms with Crippen LogP contribution in [-0.4, -0.2) is 20.3 Å². The molecule has 4 nitrogen and oxygen atoms in total. The van der Waals surface area contributed by atoms with Crippen LogP contribution in [0, 0.1) is 6.92 Å². The van der Waals surface area contributed by atoms with Crippen molar-refractivity contribution in [3.8, 4) is 17.0 Å². The number of nitrogens with one attached hydrogen (secondary N) is 1. The highest BCUT2D eigenvalue weighted by Gasteiger charge is 2.05. The summed E-state index contributed by atoms with van der Waals surface area (Å²) in [6.07, 6.45) is 1.79. The van der Waals surface area contributed by atoms with Gasteiger partial charge >= 0.3 is 0 Å². The van der Waals surface area contributed by atoms with Crippen LogP contribution in [0.25, 0.3) is 22.0 Å². The Morgan fingerprint density at radius 2 is 1.94 bits per heavy atom. The monoisotopic (exact) mass is 225 g/mol. The van der Waals surface area contributed by atoms with Crippen LogP contribution in [0.4, 0.5) is 0 Å². The third-order valence-electron chi connectivity index (χ3n) is 2.77. The van der Waals surface area contributed by atoms with Gasteiger partial charge in [0, 0.05) is 11.9 Å². The van der Waals surface area contributed by atoms with Crippen molar-refractivity contribution < 1.29 is 5.11 Å². The first-order valence-electron chi connectivity index (χ1n) is 5.34. The molecule has 0 atom stereocenters. The second-order valence-corrected chi connectivity index (χ2v) is 3.99. The van der Waals surface area contributed by atoms with Gasteiger partial charge in [0.05, 0.1) is 10.9 Å². The second-order valence-electron chi connectivity index (χ2n) is 3.99. The van der Waals surface area contributed by atoms with E-state index in [9.17, 15) is 5.11 Å². The molecule has 0 spiro atoms. The zero-order valence-electron chi connectivity index (χ0n) is 9.31. The molecule has 3 aromatic rings. The lowest BCUT2D eigenvalue weighted by molar-refractivity contribution is 0.457. The molecule has 4 heteroatoms. The molecule has 17 heavy (non-hydrogen) atoms. The zero-order chi connectivity index (χ0) is 11.8. The summed E-state index contributed by atoms with van der Waals surface area (Å²) >= 11 is 0. The van der Waals surface area contributed by atoms with Crippen molar-refractivity contribution in [2.75, 3.05) is 0 Å². The molecule has 0 radical (unpaired) electrons. The fraction of sp³-hybridized carbons (Fsp3) is 0.0769. The topological polar surface area (TPSA) is 61.8 Å². The Morgan fingerprint density at radius 1 is 1.12 bits per heavy atom. The van der Waals surface area contributed by atoms with Crippen molar-refractivity contribution in [1.82, 2.24) is 15.2 Å². The minimum Gasteiger partial charge on any atom is -0.492 e. The number of fused-ring (bicyclic) bond motifs is 1. The minimum atomic E-state index is 0.0393. The van der Waals surface area contributed by atoms with E-state index in [4.69, 9.17) is 0 Å². The molecule has 0 amide bonds. The number of nitrogens with zero attached hydrogens (tertiary/aromatic N) is 2. The van der Waals surface area contributed by atoms with Gasteiger partial charge in [-0.15, -0.1) is 5.10 Å². The van der Waals surface area contributed by atoms with Gasteiger partial charge in [-0.2, -0.15) is 0 Å². The van der Waals surface area contributed by atoms with Gasteiger partial charge in [-0.3, -0.25) is 10.1 Å². The predicted octanol–water partition coefficient (Wildman–Crippen LogP) is 2.64. The van der Waals surface area contributed by atoms with Crippen LogP contribution < -0.4 is 0 Å². The van der Waals surface area contributed by atoms with Crippen molar-refractivity contribution in [2.45, 2.75) is 6.92 Å². The lowest BCUT2D eigenvalue weighted by Crippen LogP contribution is -1.83. The van der Waals surface area contributed by atoms with E-state index in [-0.39, 0.29) is 5.88 Å². The van der Waals surface area contributed by atoms with Gasteiger partial charge in [0.1, 0.15) is 0 Å². The number of H-pyrrole nitrogens is 1. The lowest BCUT2D eigenvalue weighted by Gasteiger charge is -2.02. The summed E-state index contributed by atoms with van der Waals surface area (Å²) in [5.41, 5.74) is 3.99. The Kier molecular flexibility index (Phi) is 2.08. The van der Waals surface area contributed by atoms with Crippen molar-refractivity contribution in [3.05, 3.63) is 42.2 Å². The molecule has 2 N–H and O–H groups in total. The van der Waals surface area contributed by atoms with E-state index in [1.807, 2.05) is 37.3 Å². The quantitative estimate of drug-likeness (QED) is 0.669. The van der Waals surface area contributed by atoms with E-state index < -0.39 is 0 Å². The van der Waals surface area contributed by atoms with E-state index in [1.54, 1.807) is 6.20 Å². The number of rotatable bonds is 1. The van der Waals surface area contributed by atoms with Crippen LogP contribution in [0.2, 0.25) is 0 Å². The summed E-state index contributed by atoms with van der Waals surface area (Å²) in [6, 6.07) is 9.78. The number of hydrogen-bond donors (Lipinski definition) is 2. The molecule has 3 rings (SSSR count). The molecule has 0 saturated carbocycles. The van der Waals surface area contributed by atoms with Crippen molar-refractivity contribution >= 4 is 10.9 Å². The molecule has 0 aliphatic carbocycles. The number of pyridine rings is 1. The van der Waals surface area contributed by atoms with Crippen molar-refractivity contribution in [1.29, 1.82) is 0 Å². The normalized spacial score (nSPS) is 10.9. The Balaban J connectivity index is 2.18. The van der Waals surface area contributed by atoms with Gasteiger partial charge < -0.3 is 5.11 Å². The van der Waals surface area contributed by atoms with Gasteiger partial charge in [0.25, 0.3) is 0 Å². The molecule has 0 aliphatic rings. The molecular weight excluding hydrogens is 214 g/mol. The Hall–Kier alpha value is -2.36. The third kappa shape index (κ3) is 1.63. The third-order valence-corrected chi connectivity index (χ3v) is 2.77. The Bertz CT molecular complexity index is 688. The van der Waals surface area contributed by atoms with E-state index in [1.165, 1.54) is 0 Å². The SMILES string of the molecule is Cc1cc(-c2ccc3c(O)n[nH]c3c2)ccn1. The second kappa shape index (κ2) is 3.59. The first-order chi connectivity index (χ1) is 8.24. The maximum absolute atomic E-state index is 9.46. The van der Waals surface area contributed by atoms with Gasteiger partial charge in [0.2, 0.25) is 5.88 Å². The van der Waals surface area contributed by atoms with Crippen LogP contribution in [0.1, 0.15) is 5.69 Å². The Labute approximate surface area is 97.9 Å². The average molecular weight is 225 g/mol. The molecule has 0 saturated heterocycles. The van der Waals surface area contributed by atoms with E-state index >= 15 is 0 Å². The largest absolute Gasteiger partial charge is 0.492 e. The lowest BCUT2D eigenvalue weighted by atomic mass is 10.0. The smallest absolute Gasteiger partial charge is 0.238 e. The van der Waals surface area contributed by atoms with Gasteiger partial charge in [-0.25, -0.2) is 0 Å². The van der Waals surface area contributed by atoms with Crippen LogP contribution in [0.15, 0.2) is 36.5 Å². The van der Waals surface area contributed by atoms with Gasteiger partial charge in [-0.1, -0.05) is 6.07 Å². The molecular formula is C13H11N3O. The highest BCUT2D eigenvalue weighted by molar-refractivity contribution is 5.87. The van der Waals surface area contributed by atoms with Gasteiger partial charge in [0.15, 0.2) is 0 Å². The van der Waals surface area contributed by atoms with Crippen LogP contribution in [0.3, 0.4) is 0 Å². The maximum Gasteiger partial charge on any atom is 0.238 e. The number of aryl methyl sites for hydroxylation is 1. The fourth-order valence-electron chi connectivity index (χ4n) is 1.91. The highest BCUT2D eigenvalue weighted by atomic mass is 16.3. The molecule has 1 aromatic carbocycles. The van der Waals surface area contributed by atoms with Gasteiger partial charge in [-0.05, 0) is 42.3 Å².